The Balaban J connectivity index is 2.40. The predicted octanol–water partition coefficient (Wildman–Crippen LogP) is 2.41. The lowest BCUT2D eigenvalue weighted by Crippen LogP contribution is -1.97. The first-order chi connectivity index (χ1) is 8.27. The summed E-state index contributed by atoms with van der Waals surface area (Å²) in [6.45, 7) is 1.92. The molecular formula is C13H11N3O. The van der Waals surface area contributed by atoms with E-state index in [0.29, 0.717) is 0 Å². The van der Waals surface area contributed by atoms with Crippen LogP contribution < -0.4 is 0 Å². The van der Waals surface area contributed by atoms with Crippen LogP contribution in [0.1, 0.15) is 5.69 Å². The highest BCUT2D eigenvalue weighted by molar-refractivity contribution is 5.70. The summed E-state index contributed by atoms with van der Waals surface area (Å²) >= 11 is 0. The maximum Gasteiger partial charge on any atom is 0.155 e. The fourth-order valence-corrected chi connectivity index (χ4v) is 1.99. The Bertz CT molecular complexity index is 688. The Labute approximate surface area is 98.2 Å². The third kappa shape index (κ3) is 1.45. The van der Waals surface area contributed by atoms with Crippen LogP contribution in [-0.4, -0.2) is 19.5 Å². The number of phenolic OH excluding ortho intramolecular Hbond substituents is 1. The lowest BCUT2D eigenvalue weighted by Gasteiger charge is -2.09. The van der Waals surface area contributed by atoms with E-state index in [0.717, 1.165) is 22.6 Å². The predicted molar refractivity (Wildman–Crippen MR) is 64.8 cm³/mol. The summed E-state index contributed by atoms with van der Waals surface area (Å²) < 4.78 is 1.93. The average molecular weight is 225 g/mol. The first kappa shape index (κ1) is 9.84. The molecule has 0 spiro atoms. The molecule has 1 N–H and O–H groups in total. The van der Waals surface area contributed by atoms with Crippen LogP contribution in [0.3, 0.4) is 0 Å². The van der Waals surface area contributed by atoms with Crippen molar-refractivity contribution in [2.45, 2.75) is 6.92 Å². The van der Waals surface area contributed by atoms with Crippen molar-refractivity contribution in [3.05, 3.63) is 48.5 Å². The second kappa shape index (κ2) is 3.59. The molecule has 0 aliphatic rings. The lowest BCUT2D eigenvalue weighted by molar-refractivity contribution is 0.477. The zero-order valence-electron chi connectivity index (χ0n) is 9.33. The molecular weight excluding hydrogens is 214 g/mol. The minimum atomic E-state index is 0.249. The van der Waals surface area contributed by atoms with Gasteiger partial charge in [-0.3, -0.25) is 9.38 Å². The standard InChI is InChI=1S/C13H11N3O/c1-9-13(10-4-2-3-5-11(10)17)16-7-6-14-12(16)8-15-9/h2-8,17H,1H3. The topological polar surface area (TPSA) is 50.4 Å². The van der Waals surface area contributed by atoms with Crippen molar-refractivity contribution in [3.8, 4) is 17.0 Å². The Kier molecular flexibility index (Phi) is 2.08. The van der Waals surface area contributed by atoms with E-state index in [-0.39, 0.29) is 5.75 Å². The van der Waals surface area contributed by atoms with Crippen molar-refractivity contribution < 1.29 is 5.11 Å². The molecule has 0 saturated carbocycles. The van der Waals surface area contributed by atoms with Gasteiger partial charge in [0.1, 0.15) is 5.75 Å². The van der Waals surface area contributed by atoms with Gasteiger partial charge in [-0.05, 0) is 19.1 Å². The third-order valence-corrected chi connectivity index (χ3v) is 2.79. The first-order valence-electron chi connectivity index (χ1n) is 5.34. The maximum atomic E-state index is 9.92. The van der Waals surface area contributed by atoms with Crippen molar-refractivity contribution in [3.63, 3.8) is 0 Å². The Morgan fingerprint density at radius 2 is 2.00 bits per heavy atom. The molecule has 0 amide bonds. The number of fused-ring (bicyclic) bond motifs is 1. The lowest BCUT2D eigenvalue weighted by atomic mass is 10.1. The van der Waals surface area contributed by atoms with Crippen molar-refractivity contribution in [1.82, 2.24) is 14.4 Å². The minimum Gasteiger partial charge on any atom is -0.507 e. The number of imidazole rings is 1. The molecule has 1 aromatic carbocycles. The SMILES string of the molecule is Cc1ncc2nccn2c1-c1ccccc1O. The zero-order chi connectivity index (χ0) is 11.8. The molecule has 17 heavy (non-hydrogen) atoms. The smallest absolute Gasteiger partial charge is 0.155 e. The molecule has 4 heteroatoms. The van der Waals surface area contributed by atoms with E-state index in [4.69, 9.17) is 0 Å². The molecule has 84 valence electrons. The fraction of sp³-hybridized carbons (Fsp3) is 0.0769. The van der Waals surface area contributed by atoms with Gasteiger partial charge in [0.25, 0.3) is 0 Å². The second-order valence-corrected chi connectivity index (χ2v) is 3.86. The van der Waals surface area contributed by atoms with Crippen LogP contribution in [0.5, 0.6) is 5.75 Å². The summed E-state index contributed by atoms with van der Waals surface area (Å²) in [5.74, 6) is 0.249. The number of hydrogen-bond acceptors (Lipinski definition) is 3. The van der Waals surface area contributed by atoms with Gasteiger partial charge in [-0.25, -0.2) is 4.98 Å². The molecule has 0 atom stereocenters. The Morgan fingerprint density at radius 3 is 2.82 bits per heavy atom. The number of phenols is 1. The van der Waals surface area contributed by atoms with Gasteiger partial charge in [-0.1, -0.05) is 12.1 Å². The highest BCUT2D eigenvalue weighted by Gasteiger charge is 2.11. The molecule has 4 nitrogen and oxygen atoms in total. The molecule has 0 bridgehead atoms. The van der Waals surface area contributed by atoms with Crippen LogP contribution in [0.2, 0.25) is 0 Å². The molecule has 0 saturated heterocycles. The number of aromatic hydroxyl groups is 1. The van der Waals surface area contributed by atoms with Gasteiger partial charge in [0.05, 0.1) is 17.6 Å². The molecule has 0 unspecified atom stereocenters. The molecule has 3 rings (SSSR count). The number of aryl methyl sites for hydroxylation is 1. The van der Waals surface area contributed by atoms with Gasteiger partial charge in [-0.2, -0.15) is 0 Å². The molecule has 0 fully saturated rings. The molecule has 3 aromatic rings. The number of para-hydroxylation sites is 1. The minimum absolute atomic E-state index is 0.249. The van der Waals surface area contributed by atoms with E-state index in [1.807, 2.05) is 29.7 Å². The van der Waals surface area contributed by atoms with Crippen LogP contribution in [0.15, 0.2) is 42.9 Å². The highest BCUT2D eigenvalue weighted by Crippen LogP contribution is 2.30. The van der Waals surface area contributed by atoms with Crippen molar-refractivity contribution in [2.24, 2.45) is 0 Å². The van der Waals surface area contributed by atoms with Crippen LogP contribution in [-0.2, 0) is 0 Å². The van der Waals surface area contributed by atoms with Crippen LogP contribution in [0.25, 0.3) is 16.9 Å². The van der Waals surface area contributed by atoms with Crippen molar-refractivity contribution in [2.75, 3.05) is 0 Å². The second-order valence-electron chi connectivity index (χ2n) is 3.86. The largest absolute Gasteiger partial charge is 0.507 e. The Morgan fingerprint density at radius 1 is 1.18 bits per heavy atom. The highest BCUT2D eigenvalue weighted by atomic mass is 16.3. The van der Waals surface area contributed by atoms with E-state index < -0.39 is 0 Å². The van der Waals surface area contributed by atoms with E-state index in [1.165, 1.54) is 0 Å². The van der Waals surface area contributed by atoms with Gasteiger partial charge in [0, 0.05) is 18.0 Å². The summed E-state index contributed by atoms with van der Waals surface area (Å²) in [6, 6.07) is 7.24. The van der Waals surface area contributed by atoms with Gasteiger partial charge < -0.3 is 5.11 Å². The maximum absolute atomic E-state index is 9.92. The van der Waals surface area contributed by atoms with E-state index in [1.54, 1.807) is 24.5 Å². The monoisotopic (exact) mass is 225 g/mol. The third-order valence-electron chi connectivity index (χ3n) is 2.79. The number of hydrogen-bond donors (Lipinski definition) is 1. The van der Waals surface area contributed by atoms with Gasteiger partial charge in [0.15, 0.2) is 5.65 Å². The van der Waals surface area contributed by atoms with Gasteiger partial charge in [-0.15, -0.1) is 0 Å². The molecule has 2 aromatic heterocycles. The van der Waals surface area contributed by atoms with Crippen molar-refractivity contribution in [1.29, 1.82) is 0 Å². The van der Waals surface area contributed by atoms with Crippen LogP contribution in [0, 0.1) is 6.92 Å². The summed E-state index contributed by atoms with van der Waals surface area (Å²) in [4.78, 5) is 8.50. The van der Waals surface area contributed by atoms with E-state index in [9.17, 15) is 5.11 Å². The van der Waals surface area contributed by atoms with Gasteiger partial charge >= 0.3 is 0 Å². The molecule has 0 radical (unpaired) electrons. The number of benzene rings is 1. The summed E-state index contributed by atoms with van der Waals surface area (Å²) in [7, 11) is 0. The quantitative estimate of drug-likeness (QED) is 0.691. The fourth-order valence-electron chi connectivity index (χ4n) is 1.99. The number of aromatic nitrogens is 3. The number of nitrogens with zero attached hydrogens (tertiary/aromatic N) is 3. The summed E-state index contributed by atoms with van der Waals surface area (Å²) in [5.41, 5.74) is 3.27. The molecule has 0 aliphatic carbocycles. The average Bonchev–Trinajstić information content (AvgIpc) is 2.79. The number of rotatable bonds is 1. The zero-order valence-corrected chi connectivity index (χ0v) is 9.33. The van der Waals surface area contributed by atoms with E-state index >= 15 is 0 Å². The molecule has 2 heterocycles. The first-order valence-corrected chi connectivity index (χ1v) is 5.34. The summed E-state index contributed by atoms with van der Waals surface area (Å²) in [5, 5.41) is 9.92. The molecule has 0 aliphatic heterocycles. The van der Waals surface area contributed by atoms with Crippen molar-refractivity contribution >= 4 is 5.65 Å². The van der Waals surface area contributed by atoms with Gasteiger partial charge in [0.2, 0.25) is 0 Å². The summed E-state index contributed by atoms with van der Waals surface area (Å²) in [6.07, 6.45) is 5.31. The Hall–Kier alpha value is -2.36. The van der Waals surface area contributed by atoms with E-state index in [2.05, 4.69) is 9.97 Å². The normalized spacial score (nSPS) is 10.9. The van der Waals surface area contributed by atoms with Crippen LogP contribution >= 0.6 is 0 Å². The van der Waals surface area contributed by atoms with Crippen LogP contribution in [0.4, 0.5) is 0 Å².